The molecule has 23 heavy (non-hydrogen) atoms. The second-order valence-corrected chi connectivity index (χ2v) is 5.08. The van der Waals surface area contributed by atoms with Gasteiger partial charge in [-0.1, -0.05) is 0 Å². The molecular formula is C18H19NO4. The molecule has 0 bridgehead atoms. The zero-order valence-electron chi connectivity index (χ0n) is 13.4. The van der Waals surface area contributed by atoms with Gasteiger partial charge in [-0.05, 0) is 55.5 Å². The van der Waals surface area contributed by atoms with Gasteiger partial charge in [0.1, 0.15) is 5.75 Å². The van der Waals surface area contributed by atoms with Gasteiger partial charge in [-0.25, -0.2) is 9.59 Å². The molecule has 0 amide bonds. The van der Waals surface area contributed by atoms with Crippen molar-refractivity contribution < 1.29 is 19.1 Å². The third-order valence-electron chi connectivity index (χ3n) is 3.20. The lowest BCUT2D eigenvalue weighted by molar-refractivity contribution is 0.0526. The summed E-state index contributed by atoms with van der Waals surface area (Å²) < 4.78 is 10.2. The molecule has 2 rings (SSSR count). The van der Waals surface area contributed by atoms with Crippen LogP contribution in [-0.2, 0) is 4.74 Å². The van der Waals surface area contributed by atoms with E-state index in [4.69, 9.17) is 9.47 Å². The van der Waals surface area contributed by atoms with Crippen molar-refractivity contribution >= 4 is 17.6 Å². The Labute approximate surface area is 135 Å². The molecule has 0 atom stereocenters. The van der Waals surface area contributed by atoms with E-state index in [0.717, 1.165) is 5.69 Å². The Bertz CT molecular complexity index is 675. The average molecular weight is 313 g/mol. The number of hydrogen-bond acceptors (Lipinski definition) is 5. The van der Waals surface area contributed by atoms with Crippen molar-refractivity contribution in [3.8, 4) is 5.75 Å². The van der Waals surface area contributed by atoms with E-state index < -0.39 is 11.9 Å². The van der Waals surface area contributed by atoms with Crippen LogP contribution >= 0.6 is 0 Å². The molecule has 120 valence electrons. The van der Waals surface area contributed by atoms with Crippen molar-refractivity contribution in [3.05, 3.63) is 59.7 Å². The van der Waals surface area contributed by atoms with E-state index in [9.17, 15) is 9.59 Å². The molecule has 0 aliphatic rings. The number of anilines is 1. The van der Waals surface area contributed by atoms with Crippen molar-refractivity contribution in [1.29, 1.82) is 0 Å². The van der Waals surface area contributed by atoms with Gasteiger partial charge in [0.15, 0.2) is 0 Å². The van der Waals surface area contributed by atoms with E-state index in [-0.39, 0.29) is 0 Å². The molecule has 5 heteroatoms. The number of benzene rings is 2. The maximum Gasteiger partial charge on any atom is 0.343 e. The average Bonchev–Trinajstić information content (AvgIpc) is 2.55. The number of rotatable bonds is 5. The van der Waals surface area contributed by atoms with Crippen LogP contribution in [0.15, 0.2) is 48.5 Å². The fourth-order valence-corrected chi connectivity index (χ4v) is 1.94. The summed E-state index contributed by atoms with van der Waals surface area (Å²) in [6.45, 7) is 2.06. The van der Waals surface area contributed by atoms with E-state index in [1.165, 1.54) is 0 Å². The Morgan fingerprint density at radius 2 is 1.39 bits per heavy atom. The first-order chi connectivity index (χ1) is 11.0. The van der Waals surface area contributed by atoms with Gasteiger partial charge in [0.05, 0.1) is 17.7 Å². The van der Waals surface area contributed by atoms with Gasteiger partial charge in [-0.2, -0.15) is 0 Å². The van der Waals surface area contributed by atoms with Crippen LogP contribution in [0.3, 0.4) is 0 Å². The highest BCUT2D eigenvalue weighted by molar-refractivity contribution is 5.92. The predicted octanol–water partition coefficient (Wildman–Crippen LogP) is 3.15. The molecule has 0 aliphatic carbocycles. The summed E-state index contributed by atoms with van der Waals surface area (Å²) in [5.41, 5.74) is 1.88. The molecule has 0 fully saturated rings. The number of nitrogens with zero attached hydrogens (tertiary/aromatic N) is 1. The topological polar surface area (TPSA) is 55.8 Å². The summed E-state index contributed by atoms with van der Waals surface area (Å²) in [6.07, 6.45) is 0. The van der Waals surface area contributed by atoms with Gasteiger partial charge in [0, 0.05) is 19.8 Å². The van der Waals surface area contributed by atoms with Crippen LogP contribution < -0.4 is 9.64 Å². The summed E-state index contributed by atoms with van der Waals surface area (Å²) in [5, 5.41) is 0. The number of carbonyl (C=O) groups is 2. The third kappa shape index (κ3) is 4.32. The van der Waals surface area contributed by atoms with Crippen molar-refractivity contribution in [2.24, 2.45) is 0 Å². The molecule has 0 heterocycles. The molecular weight excluding hydrogens is 294 g/mol. The maximum atomic E-state index is 12.1. The molecule has 0 aromatic heterocycles. The molecule has 0 saturated carbocycles. The first kappa shape index (κ1) is 16.5. The van der Waals surface area contributed by atoms with Gasteiger partial charge < -0.3 is 14.4 Å². The van der Waals surface area contributed by atoms with Crippen molar-refractivity contribution in [2.45, 2.75) is 6.92 Å². The highest BCUT2D eigenvalue weighted by Crippen LogP contribution is 2.17. The largest absolute Gasteiger partial charge is 0.462 e. The Morgan fingerprint density at radius 3 is 1.91 bits per heavy atom. The number of esters is 2. The lowest BCUT2D eigenvalue weighted by atomic mass is 10.2. The fourth-order valence-electron chi connectivity index (χ4n) is 1.94. The first-order valence-electron chi connectivity index (χ1n) is 7.28. The molecule has 0 unspecified atom stereocenters. The predicted molar refractivity (Wildman–Crippen MR) is 88.1 cm³/mol. The number of ether oxygens (including phenoxy) is 2. The van der Waals surface area contributed by atoms with Crippen LogP contribution in [0.5, 0.6) is 5.75 Å². The minimum Gasteiger partial charge on any atom is -0.462 e. The van der Waals surface area contributed by atoms with Crippen LogP contribution in [-0.4, -0.2) is 32.6 Å². The molecule has 0 spiro atoms. The highest BCUT2D eigenvalue weighted by atomic mass is 16.5. The minimum absolute atomic E-state index is 0.318. The van der Waals surface area contributed by atoms with Gasteiger partial charge in [0.2, 0.25) is 0 Å². The van der Waals surface area contributed by atoms with Crippen LogP contribution in [0.25, 0.3) is 0 Å². The summed E-state index contributed by atoms with van der Waals surface area (Å²) in [6, 6.07) is 13.4. The van der Waals surface area contributed by atoms with Crippen LogP contribution in [0.1, 0.15) is 27.6 Å². The third-order valence-corrected chi connectivity index (χ3v) is 3.20. The van der Waals surface area contributed by atoms with E-state index >= 15 is 0 Å². The standard InChI is InChI=1S/C18H19NO4/c1-4-22-17(20)13-7-11-16(12-8-13)23-18(21)14-5-9-15(10-6-14)19(2)3/h5-12H,4H2,1-3H3. The molecule has 0 N–H and O–H groups in total. The molecule has 0 saturated heterocycles. The van der Waals surface area contributed by atoms with E-state index in [0.29, 0.717) is 23.5 Å². The van der Waals surface area contributed by atoms with E-state index in [1.54, 1.807) is 43.3 Å². The van der Waals surface area contributed by atoms with Crippen molar-refractivity contribution in [3.63, 3.8) is 0 Å². The minimum atomic E-state index is -0.445. The van der Waals surface area contributed by atoms with Gasteiger partial charge in [-0.3, -0.25) is 0 Å². The zero-order valence-corrected chi connectivity index (χ0v) is 13.4. The van der Waals surface area contributed by atoms with Gasteiger partial charge in [-0.15, -0.1) is 0 Å². The Balaban J connectivity index is 2.03. The lowest BCUT2D eigenvalue weighted by Crippen LogP contribution is -2.11. The molecule has 0 radical (unpaired) electrons. The highest BCUT2D eigenvalue weighted by Gasteiger charge is 2.10. The van der Waals surface area contributed by atoms with Gasteiger partial charge >= 0.3 is 11.9 Å². The summed E-state index contributed by atoms with van der Waals surface area (Å²) in [4.78, 5) is 25.6. The van der Waals surface area contributed by atoms with Crippen LogP contribution in [0.2, 0.25) is 0 Å². The maximum absolute atomic E-state index is 12.1. The summed E-state index contributed by atoms with van der Waals surface area (Å²) in [7, 11) is 3.86. The zero-order chi connectivity index (χ0) is 16.8. The molecule has 5 nitrogen and oxygen atoms in total. The SMILES string of the molecule is CCOC(=O)c1ccc(OC(=O)c2ccc(N(C)C)cc2)cc1. The van der Waals surface area contributed by atoms with E-state index in [2.05, 4.69) is 0 Å². The molecule has 2 aromatic rings. The normalized spacial score (nSPS) is 10.0. The lowest BCUT2D eigenvalue weighted by Gasteiger charge is -2.12. The van der Waals surface area contributed by atoms with Crippen LogP contribution in [0, 0.1) is 0 Å². The second kappa shape index (κ2) is 7.45. The first-order valence-corrected chi connectivity index (χ1v) is 7.28. The Hall–Kier alpha value is -2.82. The van der Waals surface area contributed by atoms with Crippen molar-refractivity contribution in [1.82, 2.24) is 0 Å². The molecule has 0 aliphatic heterocycles. The second-order valence-electron chi connectivity index (χ2n) is 5.08. The summed E-state index contributed by atoms with van der Waals surface area (Å²) in [5.74, 6) is -0.469. The quantitative estimate of drug-likeness (QED) is 0.627. The smallest absolute Gasteiger partial charge is 0.343 e. The molecule has 2 aromatic carbocycles. The van der Waals surface area contributed by atoms with E-state index in [1.807, 2.05) is 31.1 Å². The number of carbonyl (C=O) groups excluding carboxylic acids is 2. The van der Waals surface area contributed by atoms with Crippen molar-refractivity contribution in [2.75, 3.05) is 25.6 Å². The van der Waals surface area contributed by atoms with Gasteiger partial charge in [0.25, 0.3) is 0 Å². The number of hydrogen-bond donors (Lipinski definition) is 0. The van der Waals surface area contributed by atoms with Crippen LogP contribution in [0.4, 0.5) is 5.69 Å². The summed E-state index contributed by atoms with van der Waals surface area (Å²) >= 11 is 0. The monoisotopic (exact) mass is 313 g/mol. The Kier molecular flexibility index (Phi) is 5.36. The fraction of sp³-hybridized carbons (Fsp3) is 0.222. The Morgan fingerprint density at radius 1 is 0.870 bits per heavy atom.